The van der Waals surface area contributed by atoms with Gasteiger partial charge in [0.15, 0.2) is 23.4 Å². The van der Waals surface area contributed by atoms with Crippen molar-refractivity contribution >= 4 is 29.0 Å². The van der Waals surface area contributed by atoms with E-state index in [1.54, 1.807) is 12.1 Å². The highest BCUT2D eigenvalue weighted by Crippen LogP contribution is 2.37. The summed E-state index contributed by atoms with van der Waals surface area (Å²) in [4.78, 5) is 36.7. The molecule has 2 heterocycles. The van der Waals surface area contributed by atoms with Crippen molar-refractivity contribution in [2.45, 2.75) is 26.4 Å². The minimum atomic E-state index is -0.968. The van der Waals surface area contributed by atoms with Crippen LogP contribution < -0.4 is 24.8 Å². The van der Waals surface area contributed by atoms with Gasteiger partial charge in [0.25, 0.3) is 5.91 Å². The van der Waals surface area contributed by atoms with E-state index in [0.29, 0.717) is 34.2 Å². The van der Waals surface area contributed by atoms with Gasteiger partial charge in [-0.05, 0) is 37.6 Å². The highest BCUT2D eigenvalue weighted by molar-refractivity contribution is 6.06. The van der Waals surface area contributed by atoms with E-state index in [1.165, 1.54) is 19.1 Å². The molecule has 0 aromatic heterocycles. The molecule has 4 rings (SSSR count). The third-order valence-electron chi connectivity index (χ3n) is 4.49. The molecular weight excluding hydrogens is 364 g/mol. The van der Waals surface area contributed by atoms with E-state index >= 15 is 0 Å². The summed E-state index contributed by atoms with van der Waals surface area (Å²) >= 11 is 0. The first-order chi connectivity index (χ1) is 13.4. The maximum atomic E-state index is 12.5. The largest absolute Gasteiger partial charge is 0.478 e. The van der Waals surface area contributed by atoms with Gasteiger partial charge >= 0.3 is 0 Å². The van der Waals surface area contributed by atoms with Crippen LogP contribution in [-0.4, -0.2) is 30.5 Å². The van der Waals surface area contributed by atoms with Crippen LogP contribution in [0.25, 0.3) is 0 Å². The Labute approximate surface area is 160 Å². The molecule has 8 heteroatoms. The van der Waals surface area contributed by atoms with Gasteiger partial charge in [0, 0.05) is 11.6 Å². The number of benzene rings is 2. The number of aryl methyl sites for hydroxylation is 1. The van der Waals surface area contributed by atoms with Crippen molar-refractivity contribution in [3.8, 4) is 17.2 Å². The molecular formula is C20H18N2O6. The molecule has 0 spiro atoms. The normalized spacial score (nSPS) is 16.6. The van der Waals surface area contributed by atoms with Crippen molar-refractivity contribution in [2.24, 2.45) is 0 Å². The molecule has 0 saturated heterocycles. The minimum Gasteiger partial charge on any atom is -0.478 e. The van der Waals surface area contributed by atoms with E-state index in [-0.39, 0.29) is 19.0 Å². The van der Waals surface area contributed by atoms with Gasteiger partial charge in [0.1, 0.15) is 5.75 Å². The number of fused-ring (bicyclic) bond motifs is 2. The Morgan fingerprint density at radius 2 is 1.89 bits per heavy atom. The number of carbonyl (C=O) groups is 3. The summed E-state index contributed by atoms with van der Waals surface area (Å²) in [5, 5.41) is 5.42. The van der Waals surface area contributed by atoms with Gasteiger partial charge in [-0.15, -0.1) is 0 Å². The number of hydrogen-bond donors (Lipinski definition) is 2. The van der Waals surface area contributed by atoms with Gasteiger partial charge in [-0.25, -0.2) is 0 Å². The van der Waals surface area contributed by atoms with Crippen LogP contribution in [0.1, 0.15) is 29.3 Å². The topological polar surface area (TPSA) is 103 Å². The zero-order chi connectivity index (χ0) is 19.8. The fourth-order valence-corrected chi connectivity index (χ4v) is 3.10. The molecule has 1 atom stereocenters. The molecule has 144 valence electrons. The third-order valence-corrected chi connectivity index (χ3v) is 4.49. The summed E-state index contributed by atoms with van der Waals surface area (Å²) in [6.45, 7) is 3.35. The number of rotatable bonds is 4. The summed E-state index contributed by atoms with van der Waals surface area (Å²) in [6, 6.07) is 8.48. The molecule has 0 saturated carbocycles. The van der Waals surface area contributed by atoms with Crippen LogP contribution in [0.4, 0.5) is 11.4 Å². The summed E-state index contributed by atoms with van der Waals surface area (Å²) in [5.41, 5.74) is 2.16. The number of carbonyl (C=O) groups excluding carboxylic acids is 3. The summed E-state index contributed by atoms with van der Waals surface area (Å²) in [5.74, 6) is 0.309. The van der Waals surface area contributed by atoms with E-state index in [9.17, 15) is 14.4 Å². The first-order valence-electron chi connectivity index (χ1n) is 8.73. The molecule has 0 radical (unpaired) electrons. The lowest BCUT2D eigenvalue weighted by molar-refractivity contribution is -0.128. The Kier molecular flexibility index (Phi) is 4.38. The van der Waals surface area contributed by atoms with Crippen LogP contribution >= 0.6 is 0 Å². The molecule has 0 aliphatic carbocycles. The second kappa shape index (κ2) is 6.88. The van der Waals surface area contributed by atoms with Crippen LogP contribution in [0.5, 0.6) is 17.2 Å². The third kappa shape index (κ3) is 3.36. The van der Waals surface area contributed by atoms with E-state index in [2.05, 4.69) is 10.6 Å². The molecule has 0 fully saturated rings. The monoisotopic (exact) mass is 382 g/mol. The van der Waals surface area contributed by atoms with Crippen LogP contribution in [0.2, 0.25) is 0 Å². The highest BCUT2D eigenvalue weighted by Gasteiger charge is 2.30. The van der Waals surface area contributed by atoms with Crippen LogP contribution in [0, 0.1) is 6.92 Å². The van der Waals surface area contributed by atoms with Crippen molar-refractivity contribution in [3.63, 3.8) is 0 Å². The van der Waals surface area contributed by atoms with Crippen LogP contribution in [0.3, 0.4) is 0 Å². The van der Waals surface area contributed by atoms with Crippen molar-refractivity contribution < 1.29 is 28.6 Å². The second-order valence-corrected chi connectivity index (χ2v) is 6.65. The number of anilines is 2. The van der Waals surface area contributed by atoms with Crippen molar-refractivity contribution in [3.05, 3.63) is 41.5 Å². The number of Topliss-reactive ketones (excluding diaryl/α,β-unsaturated/α-hetero) is 1. The Balaban J connectivity index is 1.50. The molecule has 2 aliphatic rings. The maximum Gasteiger partial charge on any atom is 0.266 e. The van der Waals surface area contributed by atoms with E-state index in [4.69, 9.17) is 14.2 Å². The van der Waals surface area contributed by atoms with Gasteiger partial charge < -0.3 is 24.8 Å². The molecule has 2 amide bonds. The second-order valence-electron chi connectivity index (χ2n) is 6.65. The zero-order valence-corrected chi connectivity index (χ0v) is 15.3. The number of amides is 2. The fraction of sp³-hybridized carbons (Fsp3) is 0.250. The number of hydrogen-bond acceptors (Lipinski definition) is 6. The Hall–Kier alpha value is -3.55. The van der Waals surface area contributed by atoms with Crippen LogP contribution in [0.15, 0.2) is 30.3 Å². The average molecular weight is 382 g/mol. The average Bonchev–Trinajstić information content (AvgIpc) is 3.09. The molecule has 2 aromatic rings. The van der Waals surface area contributed by atoms with Gasteiger partial charge in [0.2, 0.25) is 12.7 Å². The lowest BCUT2D eigenvalue weighted by Gasteiger charge is -2.25. The van der Waals surface area contributed by atoms with Crippen molar-refractivity contribution in [1.29, 1.82) is 0 Å². The standard InChI is InChI=1S/C20H18N2O6/c1-10-3-4-15-14(5-10)22-20(25)18(28-15)8-19(24)21-13-7-17-16(26-9-27-17)6-12(13)11(2)23/h3-7,18H,8-9H2,1-2H3,(H,21,24)(H,22,25). The summed E-state index contributed by atoms with van der Waals surface area (Å²) in [7, 11) is 0. The van der Waals surface area contributed by atoms with Crippen molar-refractivity contribution in [2.75, 3.05) is 17.4 Å². The van der Waals surface area contributed by atoms with Crippen molar-refractivity contribution in [1.82, 2.24) is 0 Å². The SMILES string of the molecule is CC(=O)c1cc2c(cc1NC(=O)CC1Oc3ccc(C)cc3NC1=O)OCO2. The van der Waals surface area contributed by atoms with Gasteiger partial charge in [-0.1, -0.05) is 6.07 Å². The zero-order valence-electron chi connectivity index (χ0n) is 15.3. The van der Waals surface area contributed by atoms with E-state index in [1.807, 2.05) is 13.0 Å². The number of ether oxygens (including phenoxy) is 3. The predicted molar refractivity (Wildman–Crippen MR) is 100 cm³/mol. The van der Waals surface area contributed by atoms with Crippen LogP contribution in [-0.2, 0) is 9.59 Å². The predicted octanol–water partition coefficient (Wildman–Crippen LogP) is 2.65. The molecule has 1 unspecified atom stereocenters. The quantitative estimate of drug-likeness (QED) is 0.788. The van der Waals surface area contributed by atoms with E-state index < -0.39 is 17.9 Å². The lowest BCUT2D eigenvalue weighted by Crippen LogP contribution is -2.39. The molecule has 28 heavy (non-hydrogen) atoms. The smallest absolute Gasteiger partial charge is 0.266 e. The lowest BCUT2D eigenvalue weighted by atomic mass is 10.1. The Bertz CT molecular complexity index is 1000. The fourth-order valence-electron chi connectivity index (χ4n) is 3.10. The van der Waals surface area contributed by atoms with Gasteiger partial charge in [-0.2, -0.15) is 0 Å². The Morgan fingerprint density at radius 1 is 1.14 bits per heavy atom. The summed E-state index contributed by atoms with van der Waals surface area (Å²) < 4.78 is 16.2. The molecule has 2 aromatic carbocycles. The minimum absolute atomic E-state index is 0.0546. The first kappa shape index (κ1) is 17.8. The molecule has 2 aliphatic heterocycles. The molecule has 0 bridgehead atoms. The van der Waals surface area contributed by atoms with Gasteiger partial charge in [-0.3, -0.25) is 14.4 Å². The highest BCUT2D eigenvalue weighted by atomic mass is 16.7. The summed E-state index contributed by atoms with van der Waals surface area (Å²) in [6.07, 6.45) is -1.17. The number of ketones is 1. The number of nitrogens with one attached hydrogen (secondary N) is 2. The van der Waals surface area contributed by atoms with Gasteiger partial charge in [0.05, 0.1) is 17.8 Å². The first-order valence-corrected chi connectivity index (χ1v) is 8.73. The Morgan fingerprint density at radius 3 is 2.64 bits per heavy atom. The molecule has 8 nitrogen and oxygen atoms in total. The molecule has 2 N–H and O–H groups in total. The van der Waals surface area contributed by atoms with E-state index in [0.717, 1.165) is 5.56 Å². The maximum absolute atomic E-state index is 12.5.